The molecular formula is C60H52BN3O2. The molecule has 322 valence electrons. The van der Waals surface area contributed by atoms with Crippen molar-refractivity contribution in [2.45, 2.75) is 77.6 Å². The van der Waals surface area contributed by atoms with E-state index in [4.69, 9.17) is 9.47 Å². The van der Waals surface area contributed by atoms with E-state index in [1.807, 2.05) is 0 Å². The van der Waals surface area contributed by atoms with Gasteiger partial charge in [-0.3, -0.25) is 0 Å². The number of hydrogen-bond donors (Lipinski definition) is 0. The van der Waals surface area contributed by atoms with Gasteiger partial charge < -0.3 is 24.1 Å². The third-order valence-corrected chi connectivity index (χ3v) is 15.6. The van der Waals surface area contributed by atoms with Crippen molar-refractivity contribution < 1.29 is 9.47 Å². The van der Waals surface area contributed by atoms with Gasteiger partial charge in [0.15, 0.2) is 5.75 Å². The Balaban J connectivity index is 1.18. The summed E-state index contributed by atoms with van der Waals surface area (Å²) >= 11 is 0. The first kappa shape index (κ1) is 39.2. The minimum Gasteiger partial charge on any atom is -0.457 e. The average Bonchev–Trinajstić information content (AvgIpc) is 3.32. The Bertz CT molecular complexity index is 3300. The summed E-state index contributed by atoms with van der Waals surface area (Å²) in [7, 11) is 0. The van der Waals surface area contributed by atoms with E-state index >= 15 is 0 Å². The molecule has 0 amide bonds. The third kappa shape index (κ3) is 5.48. The summed E-state index contributed by atoms with van der Waals surface area (Å²) in [6, 6.07) is 60.1. The van der Waals surface area contributed by atoms with Gasteiger partial charge in [0.1, 0.15) is 17.2 Å². The fourth-order valence-corrected chi connectivity index (χ4v) is 12.0. The number of nitrogens with zero attached hydrogens (tertiary/aromatic N) is 3. The number of ether oxygens (including phenoxy) is 2. The molecule has 0 fully saturated rings. The molecule has 0 saturated carbocycles. The molecule has 4 heterocycles. The van der Waals surface area contributed by atoms with E-state index < -0.39 is 0 Å². The first-order valence-corrected chi connectivity index (χ1v) is 23.6. The molecule has 8 aromatic carbocycles. The van der Waals surface area contributed by atoms with Crippen LogP contribution >= 0.6 is 0 Å². The molecule has 0 unspecified atom stereocenters. The lowest BCUT2D eigenvalue weighted by molar-refractivity contribution is 0.332. The van der Waals surface area contributed by atoms with Crippen LogP contribution in [0.15, 0.2) is 164 Å². The van der Waals surface area contributed by atoms with Gasteiger partial charge in [-0.15, -0.1) is 0 Å². The van der Waals surface area contributed by atoms with Crippen molar-refractivity contribution in [3.8, 4) is 34.1 Å². The van der Waals surface area contributed by atoms with E-state index in [9.17, 15) is 0 Å². The lowest BCUT2D eigenvalue weighted by Crippen LogP contribution is -2.62. The zero-order valence-corrected chi connectivity index (χ0v) is 38.7. The standard InChI is InChI=1S/C60H52BN3O2/c1-37-31-44-45(59(4,5)30-29-58(44,2)3)34-49(37)63-50-35-46-55(65-52-26-16-14-24-43(52)60(46,6)7)36-47(50)61-56-42(41-23-18-28-54-57(41)64(61)48-25-15-17-27-53(48)66-54)32-40(33-51(56)63)62(38-19-10-8-11-20-38)39-21-12-9-13-22-39/h8-28,31-36H,29-30H2,1-7H3. The number of fused-ring (bicyclic) bond motifs is 9. The van der Waals surface area contributed by atoms with Crippen molar-refractivity contribution in [1.82, 2.24) is 0 Å². The number of hydrogen-bond acceptors (Lipinski definition) is 5. The van der Waals surface area contributed by atoms with Crippen LogP contribution in [-0.4, -0.2) is 6.85 Å². The van der Waals surface area contributed by atoms with Crippen molar-refractivity contribution in [3.63, 3.8) is 0 Å². The molecular weight excluding hydrogens is 805 g/mol. The third-order valence-electron chi connectivity index (χ3n) is 15.6. The van der Waals surface area contributed by atoms with E-state index in [2.05, 4.69) is 227 Å². The van der Waals surface area contributed by atoms with Gasteiger partial charge in [-0.05, 0) is 143 Å². The van der Waals surface area contributed by atoms with Gasteiger partial charge in [-0.25, -0.2) is 0 Å². The van der Waals surface area contributed by atoms with E-state index in [0.29, 0.717) is 0 Å². The lowest BCUT2D eigenvalue weighted by atomic mass is 9.43. The topological polar surface area (TPSA) is 28.2 Å². The highest BCUT2D eigenvalue weighted by atomic mass is 16.5. The number of anilines is 8. The highest BCUT2D eigenvalue weighted by Crippen LogP contribution is 2.58. The van der Waals surface area contributed by atoms with Crippen LogP contribution < -0.4 is 35.0 Å². The number of aryl methyl sites for hydroxylation is 1. The van der Waals surface area contributed by atoms with Gasteiger partial charge in [0.2, 0.25) is 0 Å². The number of benzene rings is 8. The van der Waals surface area contributed by atoms with Crippen molar-refractivity contribution in [2.75, 3.05) is 14.6 Å². The van der Waals surface area contributed by atoms with Crippen molar-refractivity contribution in [1.29, 1.82) is 0 Å². The Morgan fingerprint density at radius 3 is 1.80 bits per heavy atom. The summed E-state index contributed by atoms with van der Waals surface area (Å²) in [5.74, 6) is 3.53. The fraction of sp³-hybridized carbons (Fsp3) is 0.200. The van der Waals surface area contributed by atoms with E-state index in [1.165, 1.54) is 55.7 Å². The molecule has 0 radical (unpaired) electrons. The molecule has 13 rings (SSSR count). The molecule has 4 aliphatic heterocycles. The molecule has 0 N–H and O–H groups in total. The second kappa shape index (κ2) is 13.7. The number of para-hydroxylation sites is 6. The molecule has 66 heavy (non-hydrogen) atoms. The normalized spacial score (nSPS) is 16.8. The molecule has 0 aromatic heterocycles. The summed E-state index contributed by atoms with van der Waals surface area (Å²) < 4.78 is 13.9. The SMILES string of the molecule is Cc1cc2c(cc1N1c3cc4c(cc3B3c5c(cc(N(c6ccccc6)c6ccccc6)cc51)-c1cccc5c1N3c1ccccc1O5)Oc1ccccc1C4(C)C)C(C)(C)CCC2(C)C. The van der Waals surface area contributed by atoms with Crippen LogP contribution in [0.3, 0.4) is 0 Å². The van der Waals surface area contributed by atoms with Gasteiger partial charge >= 0.3 is 6.85 Å². The maximum atomic E-state index is 7.02. The Morgan fingerprint density at radius 2 is 1.08 bits per heavy atom. The van der Waals surface area contributed by atoms with Gasteiger partial charge in [0.05, 0.1) is 11.4 Å². The lowest BCUT2D eigenvalue weighted by Gasteiger charge is -2.49. The van der Waals surface area contributed by atoms with Crippen molar-refractivity contribution in [3.05, 3.63) is 192 Å². The minimum absolute atomic E-state index is 0.00932. The van der Waals surface area contributed by atoms with Gasteiger partial charge in [-0.1, -0.05) is 126 Å². The van der Waals surface area contributed by atoms with E-state index in [-0.39, 0.29) is 23.1 Å². The maximum absolute atomic E-state index is 7.02. The Kier molecular flexibility index (Phi) is 8.13. The smallest absolute Gasteiger partial charge is 0.333 e. The molecule has 0 spiro atoms. The van der Waals surface area contributed by atoms with Crippen LogP contribution in [0.4, 0.5) is 45.5 Å². The van der Waals surface area contributed by atoms with E-state index in [1.54, 1.807) is 0 Å². The molecule has 0 atom stereocenters. The van der Waals surface area contributed by atoms with Crippen LogP contribution in [-0.2, 0) is 16.2 Å². The van der Waals surface area contributed by atoms with Gasteiger partial charge in [0, 0.05) is 56.2 Å². The second-order valence-corrected chi connectivity index (χ2v) is 20.8. The highest BCUT2D eigenvalue weighted by Gasteiger charge is 2.50. The molecule has 1 aliphatic carbocycles. The van der Waals surface area contributed by atoms with Crippen LogP contribution in [0, 0.1) is 6.92 Å². The Labute approximate surface area is 389 Å². The van der Waals surface area contributed by atoms with Crippen LogP contribution in [0.5, 0.6) is 23.0 Å². The molecule has 8 aromatic rings. The summed E-state index contributed by atoms with van der Waals surface area (Å²) in [5.41, 5.74) is 20.1. The van der Waals surface area contributed by atoms with Crippen molar-refractivity contribution in [2.24, 2.45) is 0 Å². The first-order valence-electron chi connectivity index (χ1n) is 23.6. The monoisotopic (exact) mass is 857 g/mol. The summed E-state index contributed by atoms with van der Waals surface area (Å²) in [5, 5.41) is 0. The zero-order chi connectivity index (χ0) is 44.9. The van der Waals surface area contributed by atoms with Crippen LogP contribution in [0.1, 0.15) is 82.2 Å². The zero-order valence-electron chi connectivity index (χ0n) is 38.7. The molecule has 5 aliphatic rings. The molecule has 0 bridgehead atoms. The fourth-order valence-electron chi connectivity index (χ4n) is 12.0. The average molecular weight is 858 g/mol. The van der Waals surface area contributed by atoms with Crippen LogP contribution in [0.25, 0.3) is 11.1 Å². The van der Waals surface area contributed by atoms with Gasteiger partial charge in [0.25, 0.3) is 0 Å². The molecule has 6 heteroatoms. The minimum atomic E-state index is -0.329. The van der Waals surface area contributed by atoms with Gasteiger partial charge in [-0.2, -0.15) is 0 Å². The Hall–Kier alpha value is -7.18. The summed E-state index contributed by atoms with van der Waals surface area (Å²) in [6.07, 6.45) is 2.30. The predicted octanol–water partition coefficient (Wildman–Crippen LogP) is 15.1. The highest BCUT2D eigenvalue weighted by molar-refractivity contribution is 6.94. The second-order valence-electron chi connectivity index (χ2n) is 20.8. The van der Waals surface area contributed by atoms with Crippen molar-refractivity contribution >= 4 is 63.3 Å². The first-order chi connectivity index (χ1) is 31.9. The molecule has 0 saturated heterocycles. The number of rotatable bonds is 4. The summed E-state index contributed by atoms with van der Waals surface area (Å²) in [4.78, 5) is 7.61. The largest absolute Gasteiger partial charge is 0.457 e. The van der Waals surface area contributed by atoms with E-state index in [0.717, 1.165) is 75.5 Å². The maximum Gasteiger partial charge on any atom is 0.333 e. The van der Waals surface area contributed by atoms with Crippen LogP contribution in [0.2, 0.25) is 0 Å². The summed E-state index contributed by atoms with van der Waals surface area (Å²) in [6.45, 7) is 16.6. The Morgan fingerprint density at radius 1 is 0.470 bits per heavy atom. The predicted molar refractivity (Wildman–Crippen MR) is 274 cm³/mol. The molecule has 5 nitrogen and oxygen atoms in total. The quantitative estimate of drug-likeness (QED) is 0.164.